The van der Waals surface area contributed by atoms with Crippen LogP contribution in [-0.4, -0.2) is 12.6 Å². The zero-order valence-corrected chi connectivity index (χ0v) is 22.0. The predicted octanol–water partition coefficient (Wildman–Crippen LogP) is 8.42. The molecule has 0 atom stereocenters. The van der Waals surface area contributed by atoms with Gasteiger partial charge in [-0.15, -0.1) is 0 Å². The first kappa shape index (κ1) is 26.4. The lowest BCUT2D eigenvalue weighted by molar-refractivity contribution is -0.138. The predicted molar refractivity (Wildman–Crippen MR) is 147 cm³/mol. The number of carbonyl (C=O) groups excluding carboxylic acids is 1. The normalized spacial score (nSPS) is 11.0. The topological polar surface area (TPSA) is 57.9 Å². The summed E-state index contributed by atoms with van der Waals surface area (Å²) in [4.78, 5) is 12.5. The Hall–Kier alpha value is -3.67. The Morgan fingerprint density at radius 2 is 1.51 bits per heavy atom. The Labute approximate surface area is 225 Å². The first-order valence-corrected chi connectivity index (χ1v) is 12.4. The summed E-state index contributed by atoms with van der Waals surface area (Å²) in [7, 11) is 0. The summed E-state index contributed by atoms with van der Waals surface area (Å²) in [6.07, 6.45) is 6.58. The van der Waals surface area contributed by atoms with E-state index in [-0.39, 0.29) is 13.2 Å². The van der Waals surface area contributed by atoms with Crippen molar-refractivity contribution in [2.45, 2.75) is 27.1 Å². The minimum Gasteiger partial charge on any atom is -0.484 e. The van der Waals surface area contributed by atoms with Gasteiger partial charge in [-0.25, -0.2) is 4.79 Å². The van der Waals surface area contributed by atoms with Crippen LogP contribution in [0.5, 0.6) is 11.5 Å². The molecule has 0 radical (unpaired) electrons. The molecule has 0 aliphatic rings. The van der Waals surface area contributed by atoms with Crippen molar-refractivity contribution in [2.24, 2.45) is 0 Å². The second kappa shape index (κ2) is 12.5. The monoisotopic (exact) mass is 536 g/mol. The van der Waals surface area contributed by atoms with Gasteiger partial charge in [0.15, 0.2) is 11.3 Å². The second-order valence-corrected chi connectivity index (χ2v) is 9.41. The van der Waals surface area contributed by atoms with Gasteiger partial charge in [-0.2, -0.15) is 0 Å². The molecule has 5 nitrogen and oxygen atoms in total. The summed E-state index contributed by atoms with van der Waals surface area (Å²) in [5, 5.41) is 2.09. The molecular weight excluding hydrogens is 511 g/mol. The van der Waals surface area contributed by atoms with Gasteiger partial charge in [-0.1, -0.05) is 53.0 Å². The Bertz CT molecular complexity index is 1410. The largest absolute Gasteiger partial charge is 0.484 e. The van der Waals surface area contributed by atoms with Crippen molar-refractivity contribution in [1.82, 2.24) is 0 Å². The number of halogens is 2. The fourth-order valence-corrected chi connectivity index (χ4v) is 3.71. The zero-order chi connectivity index (χ0) is 26.2. The molecule has 4 aromatic rings. The number of allylic oxidation sites excluding steroid dienone is 1. The lowest BCUT2D eigenvalue weighted by Gasteiger charge is -2.15. The maximum atomic E-state index is 12.5. The number of ether oxygens (including phenoxy) is 3. The van der Waals surface area contributed by atoms with E-state index in [9.17, 15) is 4.79 Å². The van der Waals surface area contributed by atoms with Crippen molar-refractivity contribution in [3.05, 3.63) is 111 Å². The van der Waals surface area contributed by atoms with Gasteiger partial charge in [0.1, 0.15) is 19.8 Å². The van der Waals surface area contributed by atoms with Gasteiger partial charge in [0.2, 0.25) is 5.75 Å². The van der Waals surface area contributed by atoms with Crippen molar-refractivity contribution in [1.29, 1.82) is 0 Å². The third kappa shape index (κ3) is 7.42. The lowest BCUT2D eigenvalue weighted by atomic mass is 10.1. The van der Waals surface area contributed by atoms with Gasteiger partial charge in [-0.3, -0.25) is 0 Å². The maximum absolute atomic E-state index is 12.5. The Kier molecular flexibility index (Phi) is 8.94. The van der Waals surface area contributed by atoms with Gasteiger partial charge >= 0.3 is 5.97 Å². The molecule has 0 N–H and O–H groups in total. The molecule has 0 spiro atoms. The summed E-state index contributed by atoms with van der Waals surface area (Å²) in [5.74, 6) is 0.433. The molecular formula is C30H26Cl2O5. The molecule has 0 saturated carbocycles. The van der Waals surface area contributed by atoms with E-state index in [1.165, 1.54) is 6.08 Å². The molecule has 0 fully saturated rings. The van der Waals surface area contributed by atoms with E-state index < -0.39 is 5.97 Å². The number of fused-ring (bicyclic) bond motifs is 1. The molecule has 4 rings (SSSR count). The highest BCUT2D eigenvalue weighted by Gasteiger charge is 2.18. The fourth-order valence-electron chi connectivity index (χ4n) is 3.46. The molecule has 0 unspecified atom stereocenters. The number of carbonyl (C=O) groups is 1. The molecule has 0 amide bonds. The highest BCUT2D eigenvalue weighted by Crippen LogP contribution is 2.41. The highest BCUT2D eigenvalue weighted by atomic mass is 35.5. The molecule has 37 heavy (non-hydrogen) atoms. The smallest absolute Gasteiger partial charge is 0.331 e. The molecule has 7 heteroatoms. The van der Waals surface area contributed by atoms with E-state index in [2.05, 4.69) is 0 Å². The minimum absolute atomic E-state index is 0.137. The first-order chi connectivity index (χ1) is 17.9. The molecule has 1 heterocycles. The SMILES string of the molecule is CC(C)=CCOc1c(OCc2ccc(Cl)cc2)c(/C=C\C(=O)OCc2ccc(Cl)cc2)cc2ccoc12. The van der Waals surface area contributed by atoms with Crippen LogP contribution in [0.15, 0.2) is 89.1 Å². The van der Waals surface area contributed by atoms with Crippen LogP contribution < -0.4 is 9.47 Å². The third-order valence-electron chi connectivity index (χ3n) is 5.39. The average Bonchev–Trinajstić information content (AvgIpc) is 3.35. The van der Waals surface area contributed by atoms with Crippen molar-refractivity contribution in [2.75, 3.05) is 6.61 Å². The standard InChI is InChI=1S/C30H26Cl2O5/c1-20(2)13-15-35-30-28-24(14-16-34-28)17-23(29(30)37-19-22-5-10-26(32)11-6-22)7-12-27(33)36-18-21-3-8-25(31)9-4-21/h3-14,16-17H,15,18-19H2,1-2H3/b12-7-. The number of hydrogen-bond acceptors (Lipinski definition) is 5. The quantitative estimate of drug-likeness (QED) is 0.115. The average molecular weight is 537 g/mol. The molecule has 3 aromatic carbocycles. The van der Waals surface area contributed by atoms with Crippen molar-refractivity contribution in [3.8, 4) is 11.5 Å². The third-order valence-corrected chi connectivity index (χ3v) is 5.89. The van der Waals surface area contributed by atoms with Crippen LogP contribution >= 0.6 is 23.2 Å². The highest BCUT2D eigenvalue weighted by molar-refractivity contribution is 6.30. The number of furan rings is 1. The molecule has 0 saturated heterocycles. The van der Waals surface area contributed by atoms with E-state index in [0.717, 1.165) is 22.1 Å². The molecule has 0 aliphatic carbocycles. The first-order valence-electron chi connectivity index (χ1n) is 11.7. The van der Waals surface area contributed by atoms with Gasteiger partial charge in [0.25, 0.3) is 0 Å². The van der Waals surface area contributed by atoms with Crippen LogP contribution in [0.25, 0.3) is 17.0 Å². The maximum Gasteiger partial charge on any atom is 0.331 e. The van der Waals surface area contributed by atoms with Gasteiger partial charge < -0.3 is 18.6 Å². The van der Waals surface area contributed by atoms with Crippen molar-refractivity contribution in [3.63, 3.8) is 0 Å². The lowest BCUT2D eigenvalue weighted by Crippen LogP contribution is -2.03. The van der Waals surface area contributed by atoms with Crippen LogP contribution in [0.3, 0.4) is 0 Å². The van der Waals surface area contributed by atoms with Gasteiger partial charge in [0, 0.05) is 27.1 Å². The number of esters is 1. The van der Waals surface area contributed by atoms with E-state index in [1.54, 1.807) is 36.6 Å². The van der Waals surface area contributed by atoms with Crippen LogP contribution in [0.4, 0.5) is 0 Å². The van der Waals surface area contributed by atoms with E-state index in [0.29, 0.717) is 39.3 Å². The van der Waals surface area contributed by atoms with Crippen molar-refractivity contribution >= 4 is 46.2 Å². The van der Waals surface area contributed by atoms with Crippen LogP contribution in [-0.2, 0) is 22.7 Å². The van der Waals surface area contributed by atoms with Crippen LogP contribution in [0.1, 0.15) is 30.5 Å². The Morgan fingerprint density at radius 3 is 2.16 bits per heavy atom. The minimum atomic E-state index is -0.488. The summed E-state index contributed by atoms with van der Waals surface area (Å²) in [6, 6.07) is 18.2. The summed E-state index contributed by atoms with van der Waals surface area (Å²) < 4.78 is 23.5. The van der Waals surface area contributed by atoms with Crippen molar-refractivity contribution < 1.29 is 23.4 Å². The number of rotatable bonds is 10. The summed E-state index contributed by atoms with van der Waals surface area (Å²) in [6.45, 7) is 4.74. The van der Waals surface area contributed by atoms with Crippen LogP contribution in [0.2, 0.25) is 10.0 Å². The number of benzene rings is 3. The zero-order valence-electron chi connectivity index (χ0n) is 20.5. The molecule has 190 valence electrons. The molecule has 0 bridgehead atoms. The van der Waals surface area contributed by atoms with E-state index >= 15 is 0 Å². The summed E-state index contributed by atoms with van der Waals surface area (Å²) in [5.41, 5.74) is 4.11. The van der Waals surface area contributed by atoms with E-state index in [1.807, 2.05) is 56.3 Å². The van der Waals surface area contributed by atoms with Gasteiger partial charge in [0.05, 0.1) is 6.26 Å². The molecule has 1 aromatic heterocycles. The van der Waals surface area contributed by atoms with E-state index in [4.69, 9.17) is 41.8 Å². The van der Waals surface area contributed by atoms with Crippen LogP contribution in [0, 0.1) is 0 Å². The Morgan fingerprint density at radius 1 is 0.865 bits per heavy atom. The fraction of sp³-hybridized carbons (Fsp3) is 0.167. The Balaban J connectivity index is 1.61. The number of hydrogen-bond donors (Lipinski definition) is 0. The molecule has 0 aliphatic heterocycles. The van der Waals surface area contributed by atoms with Gasteiger partial charge in [-0.05, 0) is 73.5 Å². The summed E-state index contributed by atoms with van der Waals surface area (Å²) >= 11 is 11.9. The second-order valence-electron chi connectivity index (χ2n) is 8.54.